The van der Waals surface area contributed by atoms with E-state index < -0.39 is 10.0 Å². The fourth-order valence-electron chi connectivity index (χ4n) is 2.10. The van der Waals surface area contributed by atoms with Crippen molar-refractivity contribution in [3.63, 3.8) is 0 Å². The van der Waals surface area contributed by atoms with Crippen LogP contribution in [0.25, 0.3) is 11.5 Å². The lowest BCUT2D eigenvalue weighted by atomic mass is 10.3. The normalized spacial score (nSPS) is 11.3. The van der Waals surface area contributed by atoms with Gasteiger partial charge in [0.2, 0.25) is 27.7 Å². The van der Waals surface area contributed by atoms with E-state index in [9.17, 15) is 13.2 Å². The quantitative estimate of drug-likeness (QED) is 0.671. The summed E-state index contributed by atoms with van der Waals surface area (Å²) in [7, 11) is -3.76. The summed E-state index contributed by atoms with van der Waals surface area (Å²) in [6, 6.07) is 9.21. The number of aromatic nitrogens is 3. The number of rotatable bonds is 6. The molecule has 26 heavy (non-hydrogen) atoms. The molecule has 1 aromatic carbocycles. The molecule has 0 bridgehead atoms. The average molecular weight is 373 g/mol. The fraction of sp³-hybridized carbons (Fsp3) is 0.125. The maximum atomic E-state index is 12.3. The first kappa shape index (κ1) is 17.7. The maximum absolute atomic E-state index is 12.3. The van der Waals surface area contributed by atoms with Crippen LogP contribution in [0.4, 0.5) is 5.69 Å². The standard InChI is InChI=1S/C16H15N5O4S/c1-11(22)19-13-2-4-14(5-3-13)26(23,24)18-10-15-20-21-16(25-15)12-6-8-17-9-7-12/h2-9,18H,10H2,1H3,(H,19,22). The molecule has 0 aliphatic carbocycles. The third-order valence-corrected chi connectivity index (χ3v) is 4.71. The maximum Gasteiger partial charge on any atom is 0.247 e. The van der Waals surface area contributed by atoms with Crippen LogP contribution < -0.4 is 10.0 Å². The Morgan fingerprint density at radius 1 is 1.08 bits per heavy atom. The molecule has 1 amide bonds. The van der Waals surface area contributed by atoms with Crippen LogP contribution in [-0.2, 0) is 21.4 Å². The Morgan fingerprint density at radius 2 is 1.77 bits per heavy atom. The largest absolute Gasteiger partial charge is 0.419 e. The van der Waals surface area contributed by atoms with Crippen LogP contribution in [0.15, 0.2) is 58.1 Å². The molecule has 10 heteroatoms. The Bertz CT molecular complexity index is 1000. The van der Waals surface area contributed by atoms with E-state index in [1.807, 2.05) is 0 Å². The highest BCUT2D eigenvalue weighted by Crippen LogP contribution is 2.17. The van der Waals surface area contributed by atoms with Gasteiger partial charge in [-0.2, -0.15) is 0 Å². The average Bonchev–Trinajstić information content (AvgIpc) is 3.10. The number of sulfonamides is 1. The minimum Gasteiger partial charge on any atom is -0.419 e. The van der Waals surface area contributed by atoms with Crippen molar-refractivity contribution in [2.75, 3.05) is 5.32 Å². The first-order valence-electron chi connectivity index (χ1n) is 7.54. The predicted octanol–water partition coefficient (Wildman–Crippen LogP) is 1.57. The summed E-state index contributed by atoms with van der Waals surface area (Å²) in [5.41, 5.74) is 1.20. The van der Waals surface area contributed by atoms with Gasteiger partial charge in [-0.25, -0.2) is 13.1 Å². The lowest BCUT2D eigenvalue weighted by molar-refractivity contribution is -0.114. The van der Waals surface area contributed by atoms with Crippen LogP contribution in [0, 0.1) is 0 Å². The van der Waals surface area contributed by atoms with E-state index in [2.05, 4.69) is 25.2 Å². The fourth-order valence-corrected chi connectivity index (χ4v) is 3.07. The van der Waals surface area contributed by atoms with Gasteiger partial charge in [-0.3, -0.25) is 9.78 Å². The second kappa shape index (κ2) is 7.42. The number of carbonyl (C=O) groups excluding carboxylic acids is 1. The minimum absolute atomic E-state index is 0.0560. The van der Waals surface area contributed by atoms with Gasteiger partial charge in [-0.1, -0.05) is 0 Å². The summed E-state index contributed by atoms with van der Waals surface area (Å²) >= 11 is 0. The number of hydrogen-bond acceptors (Lipinski definition) is 7. The van der Waals surface area contributed by atoms with E-state index in [0.717, 1.165) is 0 Å². The van der Waals surface area contributed by atoms with Gasteiger partial charge in [0.15, 0.2) is 0 Å². The molecule has 0 radical (unpaired) electrons. The molecule has 0 spiro atoms. The first-order valence-corrected chi connectivity index (χ1v) is 9.02. The topological polar surface area (TPSA) is 127 Å². The van der Waals surface area contributed by atoms with Gasteiger partial charge in [0.05, 0.1) is 11.4 Å². The van der Waals surface area contributed by atoms with Crippen molar-refractivity contribution < 1.29 is 17.6 Å². The van der Waals surface area contributed by atoms with Gasteiger partial charge in [0.25, 0.3) is 0 Å². The van der Waals surface area contributed by atoms with E-state index in [1.165, 1.54) is 31.2 Å². The molecular weight excluding hydrogens is 358 g/mol. The zero-order chi connectivity index (χ0) is 18.6. The van der Waals surface area contributed by atoms with Crippen LogP contribution in [-0.4, -0.2) is 29.5 Å². The van der Waals surface area contributed by atoms with Crippen molar-refractivity contribution in [1.82, 2.24) is 19.9 Å². The smallest absolute Gasteiger partial charge is 0.247 e. The second-order valence-corrected chi connectivity index (χ2v) is 7.03. The van der Waals surface area contributed by atoms with Crippen LogP contribution in [0.5, 0.6) is 0 Å². The van der Waals surface area contributed by atoms with Crippen molar-refractivity contribution >= 4 is 21.6 Å². The van der Waals surface area contributed by atoms with E-state index in [-0.39, 0.29) is 29.1 Å². The van der Waals surface area contributed by atoms with Crippen LogP contribution in [0.3, 0.4) is 0 Å². The van der Waals surface area contributed by atoms with Gasteiger partial charge in [-0.05, 0) is 36.4 Å². The molecule has 0 unspecified atom stereocenters. The molecule has 3 aromatic rings. The summed E-state index contributed by atoms with van der Waals surface area (Å²) in [6.07, 6.45) is 3.18. The zero-order valence-corrected chi connectivity index (χ0v) is 14.5. The Morgan fingerprint density at radius 3 is 2.42 bits per heavy atom. The molecule has 0 aliphatic rings. The van der Waals surface area contributed by atoms with Gasteiger partial charge in [0.1, 0.15) is 0 Å². The van der Waals surface area contributed by atoms with Crippen LogP contribution in [0.2, 0.25) is 0 Å². The molecule has 9 nitrogen and oxygen atoms in total. The third kappa shape index (κ3) is 4.29. The van der Waals surface area contributed by atoms with Crippen molar-refractivity contribution in [3.05, 3.63) is 54.7 Å². The highest BCUT2D eigenvalue weighted by Gasteiger charge is 2.16. The molecule has 0 saturated carbocycles. The highest BCUT2D eigenvalue weighted by molar-refractivity contribution is 7.89. The predicted molar refractivity (Wildman–Crippen MR) is 92.3 cm³/mol. The SMILES string of the molecule is CC(=O)Nc1ccc(S(=O)(=O)NCc2nnc(-c3ccncc3)o2)cc1. The monoisotopic (exact) mass is 373 g/mol. The number of anilines is 1. The van der Waals surface area contributed by atoms with E-state index in [4.69, 9.17) is 4.42 Å². The molecule has 134 valence electrons. The Kier molecular flexibility index (Phi) is 5.05. The second-order valence-electron chi connectivity index (χ2n) is 5.27. The Hall–Kier alpha value is -3.11. The Balaban J connectivity index is 1.67. The first-order chi connectivity index (χ1) is 12.4. The summed E-state index contributed by atoms with van der Waals surface area (Å²) in [5, 5.41) is 10.3. The van der Waals surface area contributed by atoms with Gasteiger partial charge >= 0.3 is 0 Å². The molecule has 3 rings (SSSR count). The number of carbonyl (C=O) groups is 1. The van der Waals surface area contributed by atoms with Gasteiger partial charge < -0.3 is 9.73 Å². The molecule has 0 saturated heterocycles. The summed E-state index contributed by atoms with van der Waals surface area (Å²) < 4.78 is 32.5. The Labute approximate surface area is 149 Å². The lowest BCUT2D eigenvalue weighted by Crippen LogP contribution is -2.23. The van der Waals surface area contributed by atoms with Crippen molar-refractivity contribution in [1.29, 1.82) is 0 Å². The van der Waals surface area contributed by atoms with E-state index >= 15 is 0 Å². The van der Waals surface area contributed by atoms with Crippen molar-refractivity contribution in [2.45, 2.75) is 18.4 Å². The lowest BCUT2D eigenvalue weighted by Gasteiger charge is -2.06. The zero-order valence-electron chi connectivity index (χ0n) is 13.7. The number of benzene rings is 1. The number of hydrogen-bond donors (Lipinski definition) is 2. The van der Waals surface area contributed by atoms with Crippen LogP contribution in [0.1, 0.15) is 12.8 Å². The molecular formula is C16H15N5O4S. The summed E-state index contributed by atoms with van der Waals surface area (Å²) in [6.45, 7) is 1.23. The summed E-state index contributed by atoms with van der Waals surface area (Å²) in [5.74, 6) is 0.177. The van der Waals surface area contributed by atoms with Crippen molar-refractivity contribution in [2.24, 2.45) is 0 Å². The molecule has 0 atom stereocenters. The van der Waals surface area contributed by atoms with Crippen molar-refractivity contribution in [3.8, 4) is 11.5 Å². The van der Waals surface area contributed by atoms with Gasteiger partial charge in [0, 0.05) is 30.6 Å². The molecule has 0 fully saturated rings. The van der Waals surface area contributed by atoms with Gasteiger partial charge in [-0.15, -0.1) is 10.2 Å². The van der Waals surface area contributed by atoms with E-state index in [0.29, 0.717) is 11.3 Å². The summed E-state index contributed by atoms with van der Waals surface area (Å²) in [4.78, 5) is 14.9. The molecule has 2 N–H and O–H groups in total. The number of amides is 1. The molecule has 2 aromatic heterocycles. The molecule has 2 heterocycles. The van der Waals surface area contributed by atoms with E-state index in [1.54, 1.807) is 24.5 Å². The number of nitrogens with zero attached hydrogens (tertiary/aromatic N) is 3. The molecule has 0 aliphatic heterocycles. The van der Waals surface area contributed by atoms with Crippen LogP contribution >= 0.6 is 0 Å². The minimum atomic E-state index is -3.76. The number of pyridine rings is 1. The highest BCUT2D eigenvalue weighted by atomic mass is 32.2. The third-order valence-electron chi connectivity index (χ3n) is 3.29. The number of nitrogens with one attached hydrogen (secondary N) is 2.